The number of imide groups is 1. The molecule has 0 spiro atoms. The standard InChI is InChI=1S/C16H19FN2O4/c1-16(2,3)19-15(22)18-13(20)10-23-14(21)8-7-11-5-4-6-12(17)9-11/h4-9H,10H2,1-3H3,(H2,18,19,20,22)/b8-7+. The van der Waals surface area contributed by atoms with Crippen LogP contribution in [-0.4, -0.2) is 30.1 Å². The van der Waals surface area contributed by atoms with Gasteiger partial charge in [-0.25, -0.2) is 14.0 Å². The highest BCUT2D eigenvalue weighted by molar-refractivity contribution is 5.96. The molecule has 0 aliphatic heterocycles. The third-order valence-corrected chi connectivity index (χ3v) is 2.35. The molecule has 0 saturated heterocycles. The Bertz CT molecular complexity index is 621. The van der Waals surface area contributed by atoms with Crippen LogP contribution < -0.4 is 10.6 Å². The predicted molar refractivity (Wildman–Crippen MR) is 82.8 cm³/mol. The van der Waals surface area contributed by atoms with E-state index >= 15 is 0 Å². The average molecular weight is 322 g/mol. The summed E-state index contributed by atoms with van der Waals surface area (Å²) in [5, 5.41) is 4.56. The Balaban J connectivity index is 2.38. The van der Waals surface area contributed by atoms with Gasteiger partial charge in [0, 0.05) is 11.6 Å². The lowest BCUT2D eigenvalue weighted by Gasteiger charge is -2.20. The van der Waals surface area contributed by atoms with Crippen LogP contribution >= 0.6 is 0 Å². The molecule has 0 aliphatic carbocycles. The molecule has 0 radical (unpaired) electrons. The van der Waals surface area contributed by atoms with Crippen molar-refractivity contribution >= 4 is 24.0 Å². The third-order valence-electron chi connectivity index (χ3n) is 2.35. The summed E-state index contributed by atoms with van der Waals surface area (Å²) in [7, 11) is 0. The first-order chi connectivity index (χ1) is 10.7. The molecule has 0 saturated carbocycles. The highest BCUT2D eigenvalue weighted by Gasteiger charge is 2.16. The maximum atomic E-state index is 12.9. The van der Waals surface area contributed by atoms with Crippen molar-refractivity contribution in [2.75, 3.05) is 6.61 Å². The fraction of sp³-hybridized carbons (Fsp3) is 0.312. The first-order valence-corrected chi connectivity index (χ1v) is 6.88. The molecule has 7 heteroatoms. The van der Waals surface area contributed by atoms with Crippen molar-refractivity contribution in [3.05, 3.63) is 41.7 Å². The molecule has 1 aromatic carbocycles. The van der Waals surface area contributed by atoms with Crippen molar-refractivity contribution in [3.63, 3.8) is 0 Å². The minimum absolute atomic E-state index is 0.426. The molecule has 0 fully saturated rings. The Morgan fingerprint density at radius 2 is 1.96 bits per heavy atom. The fourth-order valence-electron chi connectivity index (χ4n) is 1.49. The second-order valence-corrected chi connectivity index (χ2v) is 5.75. The van der Waals surface area contributed by atoms with Crippen molar-refractivity contribution in [1.82, 2.24) is 10.6 Å². The number of nitrogens with one attached hydrogen (secondary N) is 2. The number of carbonyl (C=O) groups excluding carboxylic acids is 3. The average Bonchev–Trinajstić information content (AvgIpc) is 2.40. The van der Waals surface area contributed by atoms with Gasteiger partial charge in [0.2, 0.25) is 0 Å². The van der Waals surface area contributed by atoms with E-state index in [1.165, 1.54) is 24.3 Å². The van der Waals surface area contributed by atoms with Gasteiger partial charge in [-0.2, -0.15) is 0 Å². The number of carbonyl (C=O) groups is 3. The monoisotopic (exact) mass is 322 g/mol. The van der Waals surface area contributed by atoms with Gasteiger partial charge < -0.3 is 10.1 Å². The van der Waals surface area contributed by atoms with Crippen LogP contribution in [0.1, 0.15) is 26.3 Å². The minimum Gasteiger partial charge on any atom is -0.452 e. The Labute approximate surface area is 133 Å². The van der Waals surface area contributed by atoms with Crippen molar-refractivity contribution in [2.45, 2.75) is 26.3 Å². The van der Waals surface area contributed by atoms with Gasteiger partial charge in [0.05, 0.1) is 0 Å². The second kappa shape index (κ2) is 8.07. The second-order valence-electron chi connectivity index (χ2n) is 5.75. The lowest BCUT2D eigenvalue weighted by Crippen LogP contribution is -2.49. The van der Waals surface area contributed by atoms with E-state index in [9.17, 15) is 18.8 Å². The van der Waals surface area contributed by atoms with E-state index in [1.54, 1.807) is 26.8 Å². The van der Waals surface area contributed by atoms with Gasteiger partial charge in [0.1, 0.15) is 5.82 Å². The SMILES string of the molecule is CC(C)(C)NC(=O)NC(=O)COC(=O)/C=C/c1cccc(F)c1. The fourth-order valence-corrected chi connectivity index (χ4v) is 1.49. The van der Waals surface area contributed by atoms with Crippen molar-refractivity contribution in [1.29, 1.82) is 0 Å². The number of urea groups is 1. The number of hydrogen-bond acceptors (Lipinski definition) is 4. The van der Waals surface area contributed by atoms with Crippen molar-refractivity contribution in [3.8, 4) is 0 Å². The number of hydrogen-bond donors (Lipinski definition) is 2. The molecule has 0 unspecified atom stereocenters. The molecule has 23 heavy (non-hydrogen) atoms. The summed E-state index contributed by atoms with van der Waals surface area (Å²) < 4.78 is 17.6. The number of halogens is 1. The number of esters is 1. The Hall–Kier alpha value is -2.70. The number of amides is 3. The summed E-state index contributed by atoms with van der Waals surface area (Å²) in [6.07, 6.45) is 2.42. The van der Waals surface area contributed by atoms with E-state index in [4.69, 9.17) is 0 Å². The largest absolute Gasteiger partial charge is 0.452 e. The first kappa shape index (κ1) is 18.3. The van der Waals surface area contributed by atoms with Crippen LogP contribution in [0.4, 0.5) is 9.18 Å². The maximum absolute atomic E-state index is 12.9. The summed E-state index contributed by atoms with van der Waals surface area (Å²) in [6.45, 7) is 4.68. The number of rotatable bonds is 4. The molecular formula is C16H19FN2O4. The Morgan fingerprint density at radius 3 is 2.57 bits per heavy atom. The predicted octanol–water partition coefficient (Wildman–Crippen LogP) is 2.01. The molecule has 1 aromatic rings. The van der Waals surface area contributed by atoms with Gasteiger partial charge in [-0.05, 0) is 44.5 Å². The minimum atomic E-state index is -0.777. The summed E-state index contributed by atoms with van der Waals surface area (Å²) in [5.74, 6) is -1.95. The molecular weight excluding hydrogens is 303 g/mol. The molecule has 124 valence electrons. The molecule has 0 heterocycles. The van der Waals surface area contributed by atoms with Crippen LogP contribution in [-0.2, 0) is 14.3 Å². The number of ether oxygens (including phenoxy) is 1. The number of benzene rings is 1. The van der Waals surface area contributed by atoms with Crippen LogP contribution in [0.25, 0.3) is 6.08 Å². The van der Waals surface area contributed by atoms with Crippen LogP contribution in [0.5, 0.6) is 0 Å². The van der Waals surface area contributed by atoms with Crippen LogP contribution in [0.3, 0.4) is 0 Å². The Morgan fingerprint density at radius 1 is 1.26 bits per heavy atom. The molecule has 2 N–H and O–H groups in total. The zero-order valence-corrected chi connectivity index (χ0v) is 13.2. The van der Waals surface area contributed by atoms with Gasteiger partial charge >= 0.3 is 12.0 Å². The van der Waals surface area contributed by atoms with Gasteiger partial charge in [0.25, 0.3) is 5.91 Å². The van der Waals surface area contributed by atoms with Crippen LogP contribution in [0.15, 0.2) is 30.3 Å². The lowest BCUT2D eigenvalue weighted by molar-refractivity contribution is -0.143. The van der Waals surface area contributed by atoms with Gasteiger partial charge in [-0.1, -0.05) is 12.1 Å². The molecule has 3 amide bonds. The first-order valence-electron chi connectivity index (χ1n) is 6.88. The van der Waals surface area contributed by atoms with Crippen molar-refractivity contribution < 1.29 is 23.5 Å². The zero-order valence-electron chi connectivity index (χ0n) is 13.2. The van der Waals surface area contributed by atoms with E-state index < -0.39 is 35.9 Å². The quantitative estimate of drug-likeness (QED) is 0.656. The molecule has 6 nitrogen and oxygen atoms in total. The molecule has 0 aliphatic rings. The lowest BCUT2D eigenvalue weighted by atomic mass is 10.1. The summed E-state index contributed by atoms with van der Waals surface area (Å²) in [4.78, 5) is 34.3. The molecule has 0 bridgehead atoms. The molecule has 0 atom stereocenters. The van der Waals surface area contributed by atoms with E-state index in [0.717, 1.165) is 6.08 Å². The highest BCUT2D eigenvalue weighted by Crippen LogP contribution is 2.05. The summed E-state index contributed by atoms with van der Waals surface area (Å²) in [5.41, 5.74) is -0.00897. The van der Waals surface area contributed by atoms with Crippen LogP contribution in [0, 0.1) is 5.82 Å². The zero-order chi connectivity index (χ0) is 17.5. The topological polar surface area (TPSA) is 84.5 Å². The molecule has 1 rings (SSSR count). The summed E-state index contributed by atoms with van der Waals surface area (Å²) in [6, 6.07) is 4.96. The third kappa shape index (κ3) is 8.35. The van der Waals surface area contributed by atoms with Gasteiger partial charge in [0.15, 0.2) is 6.61 Å². The smallest absolute Gasteiger partial charge is 0.331 e. The highest BCUT2D eigenvalue weighted by atomic mass is 19.1. The van der Waals surface area contributed by atoms with E-state index in [2.05, 4.69) is 10.1 Å². The summed E-state index contributed by atoms with van der Waals surface area (Å²) >= 11 is 0. The van der Waals surface area contributed by atoms with Crippen LogP contribution in [0.2, 0.25) is 0 Å². The van der Waals surface area contributed by atoms with E-state index in [0.29, 0.717) is 5.56 Å². The Kier molecular flexibility index (Phi) is 6.44. The van der Waals surface area contributed by atoms with E-state index in [-0.39, 0.29) is 0 Å². The van der Waals surface area contributed by atoms with Gasteiger partial charge in [-0.3, -0.25) is 10.1 Å². The van der Waals surface area contributed by atoms with Crippen molar-refractivity contribution in [2.24, 2.45) is 0 Å². The maximum Gasteiger partial charge on any atom is 0.331 e. The van der Waals surface area contributed by atoms with Gasteiger partial charge in [-0.15, -0.1) is 0 Å². The molecule has 0 aromatic heterocycles. The van der Waals surface area contributed by atoms with E-state index in [1.807, 2.05) is 5.32 Å². The normalized spacial score (nSPS) is 11.1.